The Balaban J connectivity index is 1.95. The first-order valence-corrected chi connectivity index (χ1v) is 8.32. The molecule has 0 fully saturated rings. The van der Waals surface area contributed by atoms with Gasteiger partial charge in [0.25, 0.3) is 10.0 Å². The molecule has 2 aromatic heterocycles. The molecule has 1 aromatic carbocycles. The number of aryl methyl sites for hydroxylation is 1. The number of benzene rings is 1. The minimum absolute atomic E-state index is 0.0974. The van der Waals surface area contributed by atoms with Crippen LogP contribution in [0.15, 0.2) is 47.5 Å². The number of halogens is 3. The Kier molecular flexibility index (Phi) is 4.03. The predicted molar refractivity (Wildman–Crippen MR) is 81.7 cm³/mol. The molecule has 0 amide bonds. The molecule has 7 nitrogen and oxygen atoms in total. The third-order valence-electron chi connectivity index (χ3n) is 3.07. The van der Waals surface area contributed by atoms with Crippen molar-refractivity contribution in [2.75, 3.05) is 4.72 Å². The molecule has 0 aliphatic rings. The van der Waals surface area contributed by atoms with Crippen LogP contribution < -0.4 is 9.46 Å². The van der Waals surface area contributed by atoms with Gasteiger partial charge in [-0.2, -0.15) is 9.61 Å². The van der Waals surface area contributed by atoms with Crippen molar-refractivity contribution in [1.29, 1.82) is 0 Å². The Bertz CT molecular complexity index is 1030. The first-order chi connectivity index (χ1) is 11.6. The van der Waals surface area contributed by atoms with Crippen LogP contribution in [0, 0.1) is 6.92 Å². The number of hydrogen-bond acceptors (Lipinski definition) is 5. The maximum atomic E-state index is 12.5. The standard InChI is InChI=1S/C14H11F3N4O3S/c1-9-7-13-18-6-5-12(21(13)19-9)20-25(22,23)11-4-2-3-10(8-11)24-14(15,16)17/h2-8,20H,1H3. The number of ether oxygens (including phenoxy) is 1. The molecule has 0 atom stereocenters. The molecule has 132 valence electrons. The highest BCUT2D eigenvalue weighted by molar-refractivity contribution is 7.92. The van der Waals surface area contributed by atoms with Gasteiger partial charge in [-0.1, -0.05) is 6.07 Å². The number of rotatable bonds is 4. The maximum absolute atomic E-state index is 12.5. The van der Waals surface area contributed by atoms with Gasteiger partial charge in [-0.25, -0.2) is 13.4 Å². The van der Waals surface area contributed by atoms with E-state index in [4.69, 9.17) is 0 Å². The number of hydrogen-bond donors (Lipinski definition) is 1. The number of nitrogens with one attached hydrogen (secondary N) is 1. The Morgan fingerprint density at radius 1 is 1.20 bits per heavy atom. The highest BCUT2D eigenvalue weighted by atomic mass is 32.2. The quantitative estimate of drug-likeness (QED) is 0.761. The van der Waals surface area contributed by atoms with Crippen molar-refractivity contribution in [1.82, 2.24) is 14.6 Å². The molecule has 0 aliphatic heterocycles. The molecule has 0 spiro atoms. The van der Waals surface area contributed by atoms with E-state index in [0.717, 1.165) is 24.3 Å². The average Bonchev–Trinajstić information content (AvgIpc) is 2.87. The van der Waals surface area contributed by atoms with E-state index in [0.29, 0.717) is 11.3 Å². The summed E-state index contributed by atoms with van der Waals surface area (Å²) in [6, 6.07) is 7.12. The lowest BCUT2D eigenvalue weighted by Crippen LogP contribution is -2.18. The van der Waals surface area contributed by atoms with Crippen LogP contribution in [0.5, 0.6) is 5.75 Å². The van der Waals surface area contributed by atoms with E-state index in [2.05, 4.69) is 19.5 Å². The lowest BCUT2D eigenvalue weighted by atomic mass is 10.3. The summed E-state index contributed by atoms with van der Waals surface area (Å²) >= 11 is 0. The highest BCUT2D eigenvalue weighted by Gasteiger charge is 2.31. The molecule has 0 radical (unpaired) electrons. The molecular weight excluding hydrogens is 361 g/mol. The number of nitrogens with zero attached hydrogens (tertiary/aromatic N) is 3. The van der Waals surface area contributed by atoms with Crippen molar-refractivity contribution < 1.29 is 26.3 Å². The van der Waals surface area contributed by atoms with Gasteiger partial charge in [0, 0.05) is 18.3 Å². The molecule has 3 rings (SSSR count). The monoisotopic (exact) mass is 372 g/mol. The average molecular weight is 372 g/mol. The molecule has 11 heteroatoms. The van der Waals surface area contributed by atoms with E-state index in [-0.39, 0.29) is 10.7 Å². The van der Waals surface area contributed by atoms with Crippen LogP contribution in [0.25, 0.3) is 5.65 Å². The lowest BCUT2D eigenvalue weighted by molar-refractivity contribution is -0.274. The molecule has 0 unspecified atom stereocenters. The van der Waals surface area contributed by atoms with E-state index >= 15 is 0 Å². The summed E-state index contributed by atoms with van der Waals surface area (Å²) < 4.78 is 69.1. The van der Waals surface area contributed by atoms with Crippen molar-refractivity contribution in [2.45, 2.75) is 18.2 Å². The van der Waals surface area contributed by atoms with Crippen LogP contribution in [-0.2, 0) is 10.0 Å². The fourth-order valence-electron chi connectivity index (χ4n) is 2.12. The normalized spacial score (nSPS) is 12.3. The number of sulfonamides is 1. The topological polar surface area (TPSA) is 85.6 Å². The lowest BCUT2D eigenvalue weighted by Gasteiger charge is -2.12. The molecular formula is C14H11F3N4O3S. The summed E-state index contributed by atoms with van der Waals surface area (Å²) in [5, 5.41) is 4.11. The largest absolute Gasteiger partial charge is 0.573 e. The van der Waals surface area contributed by atoms with Gasteiger partial charge in [-0.3, -0.25) is 4.72 Å². The fraction of sp³-hybridized carbons (Fsp3) is 0.143. The molecule has 0 aliphatic carbocycles. The second kappa shape index (κ2) is 5.92. The highest BCUT2D eigenvalue weighted by Crippen LogP contribution is 2.26. The van der Waals surface area contributed by atoms with Gasteiger partial charge in [0.1, 0.15) is 11.6 Å². The van der Waals surface area contributed by atoms with Crippen molar-refractivity contribution in [2.24, 2.45) is 0 Å². The van der Waals surface area contributed by atoms with Crippen LogP contribution in [0.3, 0.4) is 0 Å². The van der Waals surface area contributed by atoms with Gasteiger partial charge in [-0.05, 0) is 25.1 Å². The fourth-order valence-corrected chi connectivity index (χ4v) is 3.20. The number of aromatic nitrogens is 3. The molecule has 1 N–H and O–H groups in total. The summed E-state index contributed by atoms with van der Waals surface area (Å²) in [5.74, 6) is -0.537. The number of anilines is 1. The van der Waals surface area contributed by atoms with E-state index in [1.165, 1.54) is 16.8 Å². The number of fused-ring (bicyclic) bond motifs is 1. The van der Waals surface area contributed by atoms with E-state index < -0.39 is 22.1 Å². The zero-order chi connectivity index (χ0) is 18.2. The second-order valence-corrected chi connectivity index (χ2v) is 6.70. The van der Waals surface area contributed by atoms with Crippen LogP contribution in [0.4, 0.5) is 19.0 Å². The zero-order valence-corrected chi connectivity index (χ0v) is 13.5. The third kappa shape index (κ3) is 3.82. The molecule has 3 aromatic rings. The van der Waals surface area contributed by atoms with Gasteiger partial charge >= 0.3 is 6.36 Å². The number of alkyl halides is 3. The first kappa shape index (κ1) is 17.0. The molecule has 0 saturated carbocycles. The van der Waals surface area contributed by atoms with Gasteiger partial charge in [0.2, 0.25) is 0 Å². The third-order valence-corrected chi connectivity index (χ3v) is 4.42. The van der Waals surface area contributed by atoms with Gasteiger partial charge in [0.05, 0.1) is 10.6 Å². The Morgan fingerprint density at radius 3 is 2.68 bits per heavy atom. The van der Waals surface area contributed by atoms with Crippen molar-refractivity contribution >= 4 is 21.5 Å². The first-order valence-electron chi connectivity index (χ1n) is 6.84. The van der Waals surface area contributed by atoms with E-state index in [1.54, 1.807) is 13.0 Å². The second-order valence-electron chi connectivity index (χ2n) is 5.01. The summed E-state index contributed by atoms with van der Waals surface area (Å²) in [6.07, 6.45) is -3.53. The summed E-state index contributed by atoms with van der Waals surface area (Å²) in [7, 11) is -4.16. The zero-order valence-electron chi connectivity index (χ0n) is 12.6. The summed E-state index contributed by atoms with van der Waals surface area (Å²) in [6.45, 7) is 1.71. The SMILES string of the molecule is Cc1cc2nccc(NS(=O)(=O)c3cccc(OC(F)(F)F)c3)n2n1. The minimum Gasteiger partial charge on any atom is -0.406 e. The van der Waals surface area contributed by atoms with E-state index in [1.807, 2.05) is 0 Å². The van der Waals surface area contributed by atoms with Crippen molar-refractivity contribution in [3.05, 3.63) is 48.3 Å². The molecule has 25 heavy (non-hydrogen) atoms. The van der Waals surface area contributed by atoms with Gasteiger partial charge in [-0.15, -0.1) is 13.2 Å². The molecule has 2 heterocycles. The Morgan fingerprint density at radius 2 is 1.96 bits per heavy atom. The van der Waals surface area contributed by atoms with Crippen LogP contribution in [-0.4, -0.2) is 29.4 Å². The van der Waals surface area contributed by atoms with E-state index in [9.17, 15) is 21.6 Å². The minimum atomic E-state index is -4.92. The molecule has 0 bridgehead atoms. The maximum Gasteiger partial charge on any atom is 0.573 e. The predicted octanol–water partition coefficient (Wildman–Crippen LogP) is 2.74. The Labute approximate surface area is 140 Å². The summed E-state index contributed by atoms with van der Waals surface area (Å²) in [4.78, 5) is 3.65. The molecule has 0 saturated heterocycles. The summed E-state index contributed by atoms with van der Waals surface area (Å²) in [5.41, 5.74) is 1.05. The van der Waals surface area contributed by atoms with Crippen LogP contribution >= 0.6 is 0 Å². The van der Waals surface area contributed by atoms with Gasteiger partial charge in [0.15, 0.2) is 5.65 Å². The van der Waals surface area contributed by atoms with Crippen molar-refractivity contribution in [3.8, 4) is 5.75 Å². The van der Waals surface area contributed by atoms with Crippen LogP contribution in [0.2, 0.25) is 0 Å². The Hall–Kier alpha value is -2.82. The van der Waals surface area contributed by atoms with Crippen molar-refractivity contribution in [3.63, 3.8) is 0 Å². The van der Waals surface area contributed by atoms with Crippen LogP contribution in [0.1, 0.15) is 5.69 Å². The smallest absolute Gasteiger partial charge is 0.406 e. The van der Waals surface area contributed by atoms with Gasteiger partial charge < -0.3 is 4.74 Å².